The third-order valence-electron chi connectivity index (χ3n) is 4.65. The number of aromatic nitrogens is 2. The van der Waals surface area contributed by atoms with E-state index in [-0.39, 0.29) is 11.3 Å². The number of carbonyl (C=O) groups is 1. The van der Waals surface area contributed by atoms with E-state index in [4.69, 9.17) is 4.74 Å². The fourth-order valence-corrected chi connectivity index (χ4v) is 3.52. The zero-order chi connectivity index (χ0) is 14.7. The average molecular weight is 292 g/mol. The SMILES string of the molecule is CCN1CCOCC2(CCCN(C(=O)c3ccn[nH]3)C2)C1. The van der Waals surface area contributed by atoms with Gasteiger partial charge in [-0.25, -0.2) is 0 Å². The Morgan fingerprint density at radius 3 is 3.14 bits per heavy atom. The zero-order valence-corrected chi connectivity index (χ0v) is 12.7. The fraction of sp³-hybridized carbons (Fsp3) is 0.733. The number of H-pyrrole nitrogens is 1. The molecule has 1 N–H and O–H groups in total. The number of rotatable bonds is 2. The lowest BCUT2D eigenvalue weighted by atomic mass is 9.80. The van der Waals surface area contributed by atoms with Gasteiger partial charge in [0.05, 0.1) is 13.2 Å². The number of nitrogens with one attached hydrogen (secondary N) is 1. The summed E-state index contributed by atoms with van der Waals surface area (Å²) in [6.07, 6.45) is 3.80. The van der Waals surface area contributed by atoms with Gasteiger partial charge in [0.2, 0.25) is 0 Å². The first-order chi connectivity index (χ1) is 10.2. The minimum atomic E-state index is 0.0545. The van der Waals surface area contributed by atoms with Crippen molar-refractivity contribution in [3.8, 4) is 0 Å². The number of likely N-dealkylation sites (N-methyl/N-ethyl adjacent to an activating group) is 1. The highest BCUT2D eigenvalue weighted by Crippen LogP contribution is 2.33. The predicted octanol–water partition coefficient (Wildman–Crippen LogP) is 0.984. The number of amides is 1. The van der Waals surface area contributed by atoms with E-state index in [1.54, 1.807) is 12.3 Å². The average Bonchev–Trinajstić information content (AvgIpc) is 2.97. The summed E-state index contributed by atoms with van der Waals surface area (Å²) < 4.78 is 5.84. The molecule has 0 saturated carbocycles. The van der Waals surface area contributed by atoms with Crippen molar-refractivity contribution in [2.75, 3.05) is 45.9 Å². The molecule has 1 amide bonds. The molecule has 21 heavy (non-hydrogen) atoms. The molecular weight excluding hydrogens is 268 g/mol. The fourth-order valence-electron chi connectivity index (χ4n) is 3.52. The third kappa shape index (κ3) is 3.11. The van der Waals surface area contributed by atoms with Gasteiger partial charge in [-0.3, -0.25) is 9.89 Å². The van der Waals surface area contributed by atoms with Crippen LogP contribution in [-0.4, -0.2) is 71.8 Å². The summed E-state index contributed by atoms with van der Waals surface area (Å²) in [6, 6.07) is 1.74. The number of ether oxygens (including phenoxy) is 1. The van der Waals surface area contributed by atoms with Crippen LogP contribution in [0.25, 0.3) is 0 Å². The lowest BCUT2D eigenvalue weighted by Crippen LogP contribution is -2.52. The van der Waals surface area contributed by atoms with Gasteiger partial charge >= 0.3 is 0 Å². The maximum Gasteiger partial charge on any atom is 0.271 e. The molecule has 2 aliphatic rings. The second kappa shape index (κ2) is 6.15. The van der Waals surface area contributed by atoms with Gasteiger partial charge in [-0.05, 0) is 25.5 Å². The first-order valence-corrected chi connectivity index (χ1v) is 7.81. The van der Waals surface area contributed by atoms with Crippen molar-refractivity contribution in [2.24, 2.45) is 5.41 Å². The first-order valence-electron chi connectivity index (χ1n) is 7.81. The van der Waals surface area contributed by atoms with Gasteiger partial charge in [0.25, 0.3) is 5.91 Å². The van der Waals surface area contributed by atoms with Gasteiger partial charge < -0.3 is 14.5 Å². The highest BCUT2D eigenvalue weighted by atomic mass is 16.5. The van der Waals surface area contributed by atoms with Gasteiger partial charge in [0, 0.05) is 37.8 Å². The first kappa shape index (κ1) is 14.5. The molecule has 0 bridgehead atoms. The molecule has 3 rings (SSSR count). The Labute approximate surface area is 125 Å². The van der Waals surface area contributed by atoms with Crippen molar-refractivity contribution in [1.82, 2.24) is 20.0 Å². The molecule has 0 aliphatic carbocycles. The summed E-state index contributed by atoms with van der Waals surface area (Å²) in [5.74, 6) is 0.0545. The van der Waals surface area contributed by atoms with E-state index in [2.05, 4.69) is 22.0 Å². The number of aromatic amines is 1. The summed E-state index contributed by atoms with van der Waals surface area (Å²) in [6.45, 7) is 8.41. The second-order valence-corrected chi connectivity index (χ2v) is 6.22. The molecule has 2 aliphatic heterocycles. The smallest absolute Gasteiger partial charge is 0.271 e. The van der Waals surface area contributed by atoms with Gasteiger partial charge in [-0.1, -0.05) is 6.92 Å². The zero-order valence-electron chi connectivity index (χ0n) is 12.7. The van der Waals surface area contributed by atoms with Crippen molar-refractivity contribution < 1.29 is 9.53 Å². The van der Waals surface area contributed by atoms with E-state index in [9.17, 15) is 4.79 Å². The number of nitrogens with zero attached hydrogens (tertiary/aromatic N) is 3. The Hall–Kier alpha value is -1.40. The lowest BCUT2D eigenvalue weighted by molar-refractivity contribution is 0.00743. The maximum absolute atomic E-state index is 12.5. The van der Waals surface area contributed by atoms with Crippen LogP contribution in [-0.2, 0) is 4.74 Å². The highest BCUT2D eigenvalue weighted by Gasteiger charge is 2.40. The molecule has 1 aromatic heterocycles. The Kier molecular flexibility index (Phi) is 4.26. The van der Waals surface area contributed by atoms with Gasteiger partial charge in [0.15, 0.2) is 0 Å². The van der Waals surface area contributed by atoms with Crippen LogP contribution in [0.4, 0.5) is 0 Å². The number of hydrogen-bond acceptors (Lipinski definition) is 4. The van der Waals surface area contributed by atoms with Crippen molar-refractivity contribution >= 4 is 5.91 Å². The summed E-state index contributed by atoms with van der Waals surface area (Å²) in [4.78, 5) is 16.9. The number of likely N-dealkylation sites (tertiary alicyclic amines) is 1. The third-order valence-corrected chi connectivity index (χ3v) is 4.65. The molecule has 2 fully saturated rings. The van der Waals surface area contributed by atoms with Crippen LogP contribution >= 0.6 is 0 Å². The topological polar surface area (TPSA) is 61.5 Å². The largest absolute Gasteiger partial charge is 0.379 e. The predicted molar refractivity (Wildman–Crippen MR) is 79.1 cm³/mol. The minimum absolute atomic E-state index is 0.0545. The molecule has 3 heterocycles. The molecule has 1 spiro atoms. The van der Waals surface area contributed by atoms with Crippen molar-refractivity contribution in [2.45, 2.75) is 19.8 Å². The van der Waals surface area contributed by atoms with E-state index in [1.165, 1.54) is 0 Å². The number of carbonyl (C=O) groups excluding carboxylic acids is 1. The van der Waals surface area contributed by atoms with E-state index in [0.29, 0.717) is 5.69 Å². The lowest BCUT2D eigenvalue weighted by Gasteiger charge is -2.43. The Morgan fingerprint density at radius 2 is 2.38 bits per heavy atom. The Morgan fingerprint density at radius 1 is 1.48 bits per heavy atom. The van der Waals surface area contributed by atoms with Crippen LogP contribution in [0.1, 0.15) is 30.3 Å². The van der Waals surface area contributed by atoms with Crippen molar-refractivity contribution in [1.29, 1.82) is 0 Å². The van der Waals surface area contributed by atoms with Crippen molar-refractivity contribution in [3.05, 3.63) is 18.0 Å². The Balaban J connectivity index is 1.73. The molecule has 116 valence electrons. The maximum atomic E-state index is 12.5. The van der Waals surface area contributed by atoms with Crippen molar-refractivity contribution in [3.63, 3.8) is 0 Å². The van der Waals surface area contributed by atoms with Gasteiger partial charge in [0.1, 0.15) is 5.69 Å². The molecule has 0 radical (unpaired) electrons. The van der Waals surface area contributed by atoms with E-state index in [1.807, 2.05) is 4.90 Å². The monoisotopic (exact) mass is 292 g/mol. The van der Waals surface area contributed by atoms with Crippen LogP contribution in [0.5, 0.6) is 0 Å². The molecule has 1 aromatic rings. The summed E-state index contributed by atoms with van der Waals surface area (Å²) in [5, 5.41) is 6.65. The summed E-state index contributed by atoms with van der Waals surface area (Å²) >= 11 is 0. The minimum Gasteiger partial charge on any atom is -0.379 e. The summed E-state index contributed by atoms with van der Waals surface area (Å²) in [7, 11) is 0. The molecule has 1 unspecified atom stereocenters. The highest BCUT2D eigenvalue weighted by molar-refractivity contribution is 5.92. The molecule has 1 atom stereocenters. The molecule has 0 aromatic carbocycles. The standard InChI is InChI=1S/C15H24N4O2/c1-2-18-8-9-21-12-15(10-18)5-3-7-19(11-15)14(20)13-4-6-16-17-13/h4,6H,2-3,5,7-12H2,1H3,(H,16,17). The van der Waals surface area contributed by atoms with Crippen LogP contribution < -0.4 is 0 Å². The quantitative estimate of drug-likeness (QED) is 0.883. The molecule has 6 heteroatoms. The molecular formula is C15H24N4O2. The number of hydrogen-bond donors (Lipinski definition) is 1. The van der Waals surface area contributed by atoms with Gasteiger partial charge in [-0.2, -0.15) is 5.10 Å². The van der Waals surface area contributed by atoms with E-state index >= 15 is 0 Å². The van der Waals surface area contributed by atoms with Crippen LogP contribution in [0.2, 0.25) is 0 Å². The van der Waals surface area contributed by atoms with Gasteiger partial charge in [-0.15, -0.1) is 0 Å². The molecule has 2 saturated heterocycles. The number of piperidine rings is 1. The van der Waals surface area contributed by atoms with E-state index in [0.717, 1.165) is 58.8 Å². The molecule has 6 nitrogen and oxygen atoms in total. The Bertz CT molecular complexity index is 476. The second-order valence-electron chi connectivity index (χ2n) is 6.22. The van der Waals surface area contributed by atoms with Crippen LogP contribution in [0.3, 0.4) is 0 Å². The van der Waals surface area contributed by atoms with Crippen LogP contribution in [0, 0.1) is 5.41 Å². The normalized spacial score (nSPS) is 27.8. The summed E-state index contributed by atoms with van der Waals surface area (Å²) in [5.41, 5.74) is 0.661. The van der Waals surface area contributed by atoms with E-state index < -0.39 is 0 Å². The van der Waals surface area contributed by atoms with Crippen LogP contribution in [0.15, 0.2) is 12.3 Å².